The highest BCUT2D eigenvalue weighted by atomic mass is 16.5. The molecule has 0 saturated carbocycles. The minimum Gasteiger partial charge on any atom is -0.490 e. The summed E-state index contributed by atoms with van der Waals surface area (Å²) in [6.45, 7) is 13.7. The lowest BCUT2D eigenvalue weighted by atomic mass is 9.77. The van der Waals surface area contributed by atoms with Gasteiger partial charge in [-0.05, 0) is 87.5 Å². The standard InChI is InChI=1S/C40H64N2O7/c1-6-11-27-46-34-21-15-19-32(36(34)48-29-13-8-3)38(44)41-25-17-23-40(10-5,31-43)24-18-26-42-39(45)33-20-16-22-35(47-28-12-7-2)37(33)49-30-14-9-4/h15-16,19-22,43H,6-14,17-18,23-31H2,1-5H3,(H,41,44)(H,42,45). The minimum atomic E-state index is -0.293. The molecule has 0 fully saturated rings. The maximum Gasteiger partial charge on any atom is 0.255 e. The summed E-state index contributed by atoms with van der Waals surface area (Å²) >= 11 is 0. The lowest BCUT2D eigenvalue weighted by Gasteiger charge is -2.31. The molecule has 3 N–H and O–H groups in total. The Morgan fingerprint density at radius 3 is 1.33 bits per heavy atom. The van der Waals surface area contributed by atoms with Gasteiger partial charge in [-0.15, -0.1) is 0 Å². The van der Waals surface area contributed by atoms with Crippen molar-refractivity contribution in [2.75, 3.05) is 46.1 Å². The molecule has 0 saturated heterocycles. The molecule has 276 valence electrons. The van der Waals surface area contributed by atoms with Crippen molar-refractivity contribution < 1.29 is 33.6 Å². The van der Waals surface area contributed by atoms with Crippen molar-refractivity contribution >= 4 is 11.8 Å². The fraction of sp³-hybridized carbons (Fsp3) is 0.650. The van der Waals surface area contributed by atoms with Crippen molar-refractivity contribution in [1.29, 1.82) is 0 Å². The number of amides is 2. The fourth-order valence-electron chi connectivity index (χ4n) is 5.47. The Hall–Kier alpha value is -3.46. The normalized spacial score (nSPS) is 11.2. The number of carbonyl (C=O) groups is 2. The number of rotatable bonds is 28. The maximum atomic E-state index is 13.3. The van der Waals surface area contributed by atoms with Crippen molar-refractivity contribution in [2.24, 2.45) is 5.41 Å². The van der Waals surface area contributed by atoms with Crippen LogP contribution in [0.2, 0.25) is 0 Å². The van der Waals surface area contributed by atoms with Gasteiger partial charge in [0.05, 0.1) is 37.6 Å². The van der Waals surface area contributed by atoms with Gasteiger partial charge in [0.15, 0.2) is 23.0 Å². The Labute approximate surface area is 295 Å². The molecule has 2 aromatic rings. The smallest absolute Gasteiger partial charge is 0.255 e. The first-order valence-corrected chi connectivity index (χ1v) is 18.8. The molecular formula is C40H64N2O7. The van der Waals surface area contributed by atoms with E-state index in [4.69, 9.17) is 18.9 Å². The van der Waals surface area contributed by atoms with E-state index in [2.05, 4.69) is 45.3 Å². The summed E-state index contributed by atoms with van der Waals surface area (Å²) in [6, 6.07) is 10.9. The zero-order valence-corrected chi connectivity index (χ0v) is 31.0. The van der Waals surface area contributed by atoms with Gasteiger partial charge >= 0.3 is 0 Å². The van der Waals surface area contributed by atoms with Gasteiger partial charge in [-0.25, -0.2) is 0 Å². The molecule has 0 heterocycles. The first-order chi connectivity index (χ1) is 23.9. The third-order valence-electron chi connectivity index (χ3n) is 8.87. The van der Waals surface area contributed by atoms with Crippen LogP contribution in [0.5, 0.6) is 23.0 Å². The van der Waals surface area contributed by atoms with Crippen molar-refractivity contribution in [2.45, 2.75) is 118 Å². The second-order valence-corrected chi connectivity index (χ2v) is 12.8. The second kappa shape index (κ2) is 24.6. The van der Waals surface area contributed by atoms with Crippen LogP contribution in [0.3, 0.4) is 0 Å². The van der Waals surface area contributed by atoms with Gasteiger partial charge < -0.3 is 34.7 Å². The number of unbranched alkanes of at least 4 members (excludes halogenated alkanes) is 4. The summed E-state index contributed by atoms with van der Waals surface area (Å²) in [5.41, 5.74) is 0.654. The molecular weight excluding hydrogens is 620 g/mol. The fourth-order valence-corrected chi connectivity index (χ4v) is 5.47. The van der Waals surface area contributed by atoms with E-state index in [1.165, 1.54) is 0 Å². The van der Waals surface area contributed by atoms with E-state index in [0.717, 1.165) is 70.6 Å². The largest absolute Gasteiger partial charge is 0.490 e. The van der Waals surface area contributed by atoms with Gasteiger partial charge in [-0.1, -0.05) is 72.4 Å². The van der Waals surface area contributed by atoms with E-state index in [0.29, 0.717) is 86.5 Å². The SMILES string of the molecule is CCCCOc1cccc(C(=O)NCCCC(CC)(CO)CCCNC(=O)c2cccc(OCCCC)c2OCCCC)c1OCCCC. The summed E-state index contributed by atoms with van der Waals surface area (Å²) in [5.74, 6) is 1.81. The number of hydrogen-bond acceptors (Lipinski definition) is 7. The Morgan fingerprint density at radius 1 is 0.592 bits per heavy atom. The predicted molar refractivity (Wildman–Crippen MR) is 197 cm³/mol. The first kappa shape index (κ1) is 41.7. The summed E-state index contributed by atoms with van der Waals surface area (Å²) in [6.07, 6.45) is 11.4. The van der Waals surface area contributed by atoms with E-state index in [1.807, 2.05) is 24.3 Å². The second-order valence-electron chi connectivity index (χ2n) is 12.8. The van der Waals surface area contributed by atoms with Crippen LogP contribution in [-0.4, -0.2) is 63.0 Å². The van der Waals surface area contributed by atoms with Crippen molar-refractivity contribution in [3.05, 3.63) is 47.5 Å². The third kappa shape index (κ3) is 14.5. The Bertz CT molecular complexity index is 1130. The number of nitrogens with one attached hydrogen (secondary N) is 2. The number of ether oxygens (including phenoxy) is 4. The summed E-state index contributed by atoms with van der Waals surface area (Å²) in [5, 5.41) is 16.5. The lowest BCUT2D eigenvalue weighted by Crippen LogP contribution is -2.31. The number of aliphatic hydroxyl groups excluding tert-OH is 1. The number of benzene rings is 2. The van der Waals surface area contributed by atoms with Gasteiger partial charge in [0.1, 0.15) is 0 Å². The van der Waals surface area contributed by atoms with E-state index >= 15 is 0 Å². The van der Waals surface area contributed by atoms with E-state index in [-0.39, 0.29) is 23.8 Å². The highest BCUT2D eigenvalue weighted by molar-refractivity contribution is 5.98. The predicted octanol–water partition coefficient (Wildman–Crippen LogP) is 8.51. The first-order valence-electron chi connectivity index (χ1n) is 18.8. The molecule has 0 spiro atoms. The monoisotopic (exact) mass is 684 g/mol. The van der Waals surface area contributed by atoms with E-state index < -0.39 is 0 Å². The van der Waals surface area contributed by atoms with Crippen LogP contribution in [-0.2, 0) is 0 Å². The molecule has 0 aliphatic carbocycles. The van der Waals surface area contributed by atoms with Gasteiger partial charge in [-0.2, -0.15) is 0 Å². The number of aliphatic hydroxyl groups is 1. The molecule has 2 rings (SSSR count). The lowest BCUT2D eigenvalue weighted by molar-refractivity contribution is 0.0887. The number of carbonyl (C=O) groups excluding carboxylic acids is 2. The molecule has 0 atom stereocenters. The van der Waals surface area contributed by atoms with Gasteiger partial charge in [0.25, 0.3) is 11.8 Å². The molecule has 0 bridgehead atoms. The van der Waals surface area contributed by atoms with Crippen LogP contribution >= 0.6 is 0 Å². The molecule has 9 nitrogen and oxygen atoms in total. The number of para-hydroxylation sites is 2. The van der Waals surface area contributed by atoms with Crippen molar-refractivity contribution in [3.8, 4) is 23.0 Å². The zero-order valence-electron chi connectivity index (χ0n) is 31.0. The average molecular weight is 685 g/mol. The van der Waals surface area contributed by atoms with Gasteiger partial charge in [-0.3, -0.25) is 9.59 Å². The van der Waals surface area contributed by atoms with Crippen molar-refractivity contribution in [1.82, 2.24) is 10.6 Å². The Kier molecular flexibility index (Phi) is 21.0. The van der Waals surface area contributed by atoms with Gasteiger partial charge in [0, 0.05) is 19.7 Å². The highest BCUT2D eigenvalue weighted by Crippen LogP contribution is 2.35. The molecule has 0 aliphatic rings. The number of hydrogen-bond donors (Lipinski definition) is 3. The molecule has 0 aliphatic heterocycles. The summed E-state index contributed by atoms with van der Waals surface area (Å²) in [7, 11) is 0. The van der Waals surface area contributed by atoms with Crippen LogP contribution in [0, 0.1) is 5.41 Å². The highest BCUT2D eigenvalue weighted by Gasteiger charge is 2.27. The summed E-state index contributed by atoms with van der Waals surface area (Å²) in [4.78, 5) is 26.5. The molecule has 2 amide bonds. The zero-order chi connectivity index (χ0) is 35.7. The Balaban J connectivity index is 1.95. The van der Waals surface area contributed by atoms with Gasteiger partial charge in [0.2, 0.25) is 0 Å². The van der Waals surface area contributed by atoms with Crippen LogP contribution in [0.1, 0.15) is 139 Å². The van der Waals surface area contributed by atoms with E-state index in [1.54, 1.807) is 12.1 Å². The molecule has 0 unspecified atom stereocenters. The molecule has 0 aromatic heterocycles. The molecule has 49 heavy (non-hydrogen) atoms. The molecule has 2 aromatic carbocycles. The molecule has 0 radical (unpaired) electrons. The van der Waals surface area contributed by atoms with Crippen LogP contribution in [0.25, 0.3) is 0 Å². The average Bonchev–Trinajstić information content (AvgIpc) is 3.12. The van der Waals surface area contributed by atoms with Crippen LogP contribution < -0.4 is 29.6 Å². The minimum absolute atomic E-state index is 0.0461. The quantitative estimate of drug-likeness (QED) is 0.0770. The van der Waals surface area contributed by atoms with Crippen molar-refractivity contribution in [3.63, 3.8) is 0 Å². The summed E-state index contributed by atoms with van der Waals surface area (Å²) < 4.78 is 24.0. The van der Waals surface area contributed by atoms with Crippen LogP contribution in [0.4, 0.5) is 0 Å². The topological polar surface area (TPSA) is 115 Å². The maximum absolute atomic E-state index is 13.3. The third-order valence-corrected chi connectivity index (χ3v) is 8.87. The van der Waals surface area contributed by atoms with E-state index in [9.17, 15) is 14.7 Å². The molecule has 9 heteroatoms. The Morgan fingerprint density at radius 2 is 0.980 bits per heavy atom. The van der Waals surface area contributed by atoms with Crippen LogP contribution in [0.15, 0.2) is 36.4 Å².